The van der Waals surface area contributed by atoms with Gasteiger partial charge in [-0.05, 0) is 0 Å². The molecule has 3 N–H and O–H groups in total. The minimum absolute atomic E-state index is 1.21. The Balaban J connectivity index is 3.40. The van der Waals surface area contributed by atoms with Crippen molar-refractivity contribution in [2.75, 3.05) is 0 Å². The lowest BCUT2D eigenvalue weighted by atomic mass is 11.3. The van der Waals surface area contributed by atoms with Gasteiger partial charge in [0.2, 0.25) is 0 Å². The van der Waals surface area contributed by atoms with E-state index < -0.39 is 17.5 Å². The molecule has 0 aromatic rings. The highest BCUT2D eigenvalue weighted by Crippen LogP contribution is 1.76. The number of nitrogens with one attached hydrogen (secondary N) is 1. The summed E-state index contributed by atoms with van der Waals surface area (Å²) in [4.78, 5) is 9.77. The molecule has 1 unspecified atom stereocenters. The summed E-state index contributed by atoms with van der Waals surface area (Å²) < 4.78 is 22.3. The molecule has 48 valence electrons. The van der Waals surface area contributed by atoms with Crippen molar-refractivity contribution in [2.24, 2.45) is 5.84 Å². The minimum Gasteiger partial charge on any atom is -0.740 e. The lowest BCUT2D eigenvalue weighted by molar-refractivity contribution is 0.201. The number of rotatable bonds is 1. The van der Waals surface area contributed by atoms with Gasteiger partial charge in [0.05, 0.1) is 0 Å². The molecule has 8 heavy (non-hydrogen) atoms. The first-order chi connectivity index (χ1) is 3.66. The summed E-state index contributed by atoms with van der Waals surface area (Å²) in [5.41, 5.74) is 1.44. The highest BCUT2D eigenvalue weighted by Gasteiger charge is 1.94. The zero-order chi connectivity index (χ0) is 6.57. The molecule has 0 saturated carbocycles. The molecule has 0 aromatic heterocycles. The van der Waals surface area contributed by atoms with Gasteiger partial charge in [0.25, 0.3) is 0 Å². The molecule has 0 fully saturated rings. The third kappa shape index (κ3) is 3.53. The fourth-order valence-electron chi connectivity index (χ4n) is 0.0859. The molecule has 0 aromatic carbocycles. The van der Waals surface area contributed by atoms with Crippen LogP contribution in [0.2, 0.25) is 0 Å². The SMILES string of the molecule is NNC(=O)OS(=O)[O-]. The van der Waals surface area contributed by atoms with Gasteiger partial charge in [-0.3, -0.25) is 5.43 Å². The van der Waals surface area contributed by atoms with E-state index in [2.05, 4.69) is 10.0 Å². The molecule has 0 radical (unpaired) electrons. The number of hydrogen-bond acceptors (Lipinski definition) is 5. The third-order valence-electron chi connectivity index (χ3n) is 0.262. The van der Waals surface area contributed by atoms with E-state index in [4.69, 9.17) is 0 Å². The summed E-state index contributed by atoms with van der Waals surface area (Å²) in [5, 5.41) is 0. The first kappa shape index (κ1) is 7.34. The van der Waals surface area contributed by atoms with Crippen molar-refractivity contribution in [3.63, 3.8) is 0 Å². The van der Waals surface area contributed by atoms with Gasteiger partial charge in [0.1, 0.15) is 11.4 Å². The Labute approximate surface area is 47.5 Å². The van der Waals surface area contributed by atoms with Crippen molar-refractivity contribution in [2.45, 2.75) is 0 Å². The van der Waals surface area contributed by atoms with Gasteiger partial charge in [-0.25, -0.2) is 14.8 Å². The molecule has 0 saturated heterocycles. The van der Waals surface area contributed by atoms with E-state index in [0.29, 0.717) is 0 Å². The summed E-state index contributed by atoms with van der Waals surface area (Å²) in [7, 11) is 0. The summed E-state index contributed by atoms with van der Waals surface area (Å²) in [6.07, 6.45) is -1.21. The maximum absolute atomic E-state index is 9.77. The molecule has 0 aliphatic heterocycles. The fraction of sp³-hybridized carbons (Fsp3) is 0. The number of hydrazine groups is 1. The van der Waals surface area contributed by atoms with Gasteiger partial charge >= 0.3 is 6.09 Å². The molecule has 0 rings (SSSR count). The maximum Gasteiger partial charge on any atom is 0.434 e. The van der Waals surface area contributed by atoms with Gasteiger partial charge < -0.3 is 8.74 Å². The van der Waals surface area contributed by atoms with Gasteiger partial charge in [-0.2, -0.15) is 0 Å². The van der Waals surface area contributed by atoms with E-state index >= 15 is 0 Å². The quantitative estimate of drug-likeness (QED) is 0.196. The Morgan fingerprint density at radius 2 is 2.38 bits per heavy atom. The Bertz CT molecular complexity index is 113. The smallest absolute Gasteiger partial charge is 0.434 e. The molecule has 0 spiro atoms. The molecule has 0 aliphatic rings. The van der Waals surface area contributed by atoms with Crippen molar-refractivity contribution >= 4 is 17.5 Å². The number of hydrogen-bond donors (Lipinski definition) is 2. The van der Waals surface area contributed by atoms with Crippen LogP contribution in [-0.2, 0) is 15.5 Å². The van der Waals surface area contributed by atoms with Gasteiger partial charge in [0, 0.05) is 0 Å². The summed E-state index contributed by atoms with van der Waals surface area (Å²) >= 11 is -2.84. The Morgan fingerprint density at radius 1 is 1.88 bits per heavy atom. The van der Waals surface area contributed by atoms with Crippen LogP contribution in [0.3, 0.4) is 0 Å². The van der Waals surface area contributed by atoms with Gasteiger partial charge in [-0.1, -0.05) is 0 Å². The summed E-state index contributed by atoms with van der Waals surface area (Å²) in [6, 6.07) is 0. The van der Waals surface area contributed by atoms with Crippen LogP contribution >= 0.6 is 0 Å². The normalized spacial score (nSPS) is 12.2. The molecule has 1 amide bonds. The van der Waals surface area contributed by atoms with E-state index in [1.165, 1.54) is 5.43 Å². The van der Waals surface area contributed by atoms with Crippen LogP contribution in [0, 0.1) is 0 Å². The van der Waals surface area contributed by atoms with Crippen LogP contribution in [0.5, 0.6) is 0 Å². The predicted octanol–water partition coefficient (Wildman–Crippen LogP) is -1.62. The van der Waals surface area contributed by atoms with Crippen molar-refractivity contribution in [1.29, 1.82) is 0 Å². The average Bonchev–Trinajstić information content (AvgIpc) is 1.65. The number of carbonyl (C=O) groups is 1. The predicted molar refractivity (Wildman–Crippen MR) is 22.7 cm³/mol. The zero-order valence-corrected chi connectivity index (χ0v) is 4.44. The van der Waals surface area contributed by atoms with E-state index in [0.717, 1.165) is 0 Å². The zero-order valence-electron chi connectivity index (χ0n) is 3.62. The van der Waals surface area contributed by atoms with Crippen LogP contribution in [-0.4, -0.2) is 14.9 Å². The number of amides is 1. The summed E-state index contributed by atoms with van der Waals surface area (Å²) in [5.74, 6) is 4.42. The highest BCUT2D eigenvalue weighted by atomic mass is 32.2. The van der Waals surface area contributed by atoms with Crippen LogP contribution < -0.4 is 11.3 Å². The van der Waals surface area contributed by atoms with Gasteiger partial charge in [-0.15, -0.1) is 0 Å². The summed E-state index contributed by atoms with van der Waals surface area (Å²) in [6.45, 7) is 0. The Hall–Kier alpha value is -0.660. The topological polar surface area (TPSA) is 104 Å². The molecule has 6 nitrogen and oxygen atoms in total. The molecule has 0 bridgehead atoms. The van der Waals surface area contributed by atoms with Crippen molar-refractivity contribution in [3.8, 4) is 0 Å². The number of carbonyl (C=O) groups excluding carboxylic acids is 1. The first-order valence-corrected chi connectivity index (χ1v) is 2.45. The van der Waals surface area contributed by atoms with Crippen molar-refractivity contribution in [1.82, 2.24) is 5.43 Å². The third-order valence-corrected chi connectivity index (χ3v) is 0.549. The first-order valence-electron chi connectivity index (χ1n) is 1.45. The minimum atomic E-state index is -2.84. The van der Waals surface area contributed by atoms with Crippen molar-refractivity contribution < 1.29 is 17.7 Å². The average molecular weight is 139 g/mol. The van der Waals surface area contributed by atoms with Gasteiger partial charge in [0.15, 0.2) is 0 Å². The van der Waals surface area contributed by atoms with Crippen molar-refractivity contribution in [3.05, 3.63) is 0 Å². The van der Waals surface area contributed by atoms with Crippen LogP contribution in [0.4, 0.5) is 4.79 Å². The largest absolute Gasteiger partial charge is 0.740 e. The van der Waals surface area contributed by atoms with Crippen LogP contribution in [0.1, 0.15) is 0 Å². The lowest BCUT2D eigenvalue weighted by Crippen LogP contribution is -2.31. The molecular formula is CH3N2O4S-. The second kappa shape index (κ2) is 3.36. The lowest BCUT2D eigenvalue weighted by Gasteiger charge is -2.02. The van der Waals surface area contributed by atoms with Crippen LogP contribution in [0.15, 0.2) is 0 Å². The van der Waals surface area contributed by atoms with E-state index in [1.54, 1.807) is 0 Å². The Kier molecular flexibility index (Phi) is 3.08. The van der Waals surface area contributed by atoms with E-state index in [9.17, 15) is 13.6 Å². The molecular weight excluding hydrogens is 136 g/mol. The molecule has 7 heteroatoms. The number of nitrogens with two attached hydrogens (primary N) is 1. The van der Waals surface area contributed by atoms with Crippen LogP contribution in [0.25, 0.3) is 0 Å². The fourth-order valence-corrected chi connectivity index (χ4v) is 0.258. The second-order valence-corrected chi connectivity index (χ2v) is 1.29. The molecule has 1 atom stereocenters. The van der Waals surface area contributed by atoms with E-state index in [-0.39, 0.29) is 0 Å². The Morgan fingerprint density at radius 3 is 2.50 bits per heavy atom. The van der Waals surface area contributed by atoms with E-state index in [1.807, 2.05) is 0 Å². The monoisotopic (exact) mass is 139 g/mol. The molecule has 0 heterocycles. The maximum atomic E-state index is 9.77. The highest BCUT2D eigenvalue weighted by molar-refractivity contribution is 7.74. The standard InChI is InChI=1S/CH4N2O4S/c2-3-1(4)7-8(5)6/h2H2,(H,3,4)(H,5,6)/p-1. The molecule has 0 aliphatic carbocycles. The second-order valence-electron chi connectivity index (χ2n) is 0.719.